The maximum atomic E-state index is 14.2. The number of carbonyl (C=O) groups is 4. The smallest absolute Gasteiger partial charge is 0.408 e. The minimum atomic E-state index is -0.913. The lowest BCUT2D eigenvalue weighted by Gasteiger charge is -2.33. The number of carbonyl (C=O) groups excluding carboxylic acids is 4. The van der Waals surface area contributed by atoms with Gasteiger partial charge >= 0.3 is 6.09 Å². The fourth-order valence-electron chi connectivity index (χ4n) is 6.07. The van der Waals surface area contributed by atoms with Gasteiger partial charge in [0.25, 0.3) is 0 Å². The average Bonchev–Trinajstić information content (AvgIpc) is 3.36. The van der Waals surface area contributed by atoms with Crippen molar-refractivity contribution in [1.29, 1.82) is 0 Å². The second-order valence-corrected chi connectivity index (χ2v) is 12.4. The predicted molar refractivity (Wildman–Crippen MR) is 164 cm³/mol. The van der Waals surface area contributed by atoms with Crippen molar-refractivity contribution < 1.29 is 23.9 Å². The van der Waals surface area contributed by atoms with Crippen molar-refractivity contribution in [2.24, 2.45) is 11.7 Å². The summed E-state index contributed by atoms with van der Waals surface area (Å²) in [5.74, 6) is -1.34. The first-order valence-corrected chi connectivity index (χ1v) is 15.2. The van der Waals surface area contributed by atoms with E-state index < -0.39 is 35.7 Å². The molecule has 5 atom stereocenters. The van der Waals surface area contributed by atoms with Gasteiger partial charge < -0.3 is 31.3 Å². The van der Waals surface area contributed by atoms with Crippen LogP contribution in [0.1, 0.15) is 77.0 Å². The Kier molecular flexibility index (Phi) is 10.4. The summed E-state index contributed by atoms with van der Waals surface area (Å²) < 4.78 is 5.32. The molecule has 2 fully saturated rings. The number of fused-ring (bicyclic) bond motifs is 1. The summed E-state index contributed by atoms with van der Waals surface area (Å²) in [6, 6.07) is 16.5. The van der Waals surface area contributed by atoms with Crippen LogP contribution in [0, 0.1) is 5.92 Å². The van der Waals surface area contributed by atoms with Gasteiger partial charge in [-0.2, -0.15) is 0 Å². The van der Waals surface area contributed by atoms with Gasteiger partial charge in [-0.15, -0.1) is 0 Å². The molecule has 2 aliphatic rings. The van der Waals surface area contributed by atoms with Gasteiger partial charge in [0.2, 0.25) is 17.7 Å². The van der Waals surface area contributed by atoms with Gasteiger partial charge in [-0.05, 0) is 70.5 Å². The average molecular weight is 592 g/mol. The number of ether oxygens (including phenoxy) is 1. The van der Waals surface area contributed by atoms with Gasteiger partial charge in [0.1, 0.15) is 23.7 Å². The molecular weight excluding hydrogens is 546 g/mol. The van der Waals surface area contributed by atoms with Gasteiger partial charge in [-0.25, -0.2) is 4.79 Å². The molecule has 4 rings (SSSR count). The Bertz CT molecular complexity index is 1230. The van der Waals surface area contributed by atoms with Crippen molar-refractivity contribution in [3.63, 3.8) is 0 Å². The van der Waals surface area contributed by atoms with Crippen LogP contribution in [0.25, 0.3) is 0 Å². The second-order valence-electron chi connectivity index (χ2n) is 12.4. The molecule has 0 saturated carbocycles. The van der Waals surface area contributed by atoms with Crippen molar-refractivity contribution in [3.8, 4) is 0 Å². The third-order valence-electron chi connectivity index (χ3n) is 8.24. The Balaban J connectivity index is 1.53. The zero-order valence-electron chi connectivity index (χ0n) is 25.5. The van der Waals surface area contributed by atoms with Crippen LogP contribution in [0.15, 0.2) is 60.7 Å². The molecule has 5 N–H and O–H groups in total. The van der Waals surface area contributed by atoms with E-state index in [1.807, 2.05) is 60.7 Å². The number of alkyl carbamates (subject to hydrolysis) is 1. The molecule has 2 aromatic rings. The van der Waals surface area contributed by atoms with Crippen LogP contribution in [0.2, 0.25) is 0 Å². The van der Waals surface area contributed by atoms with E-state index in [0.717, 1.165) is 11.1 Å². The van der Waals surface area contributed by atoms with Crippen molar-refractivity contribution >= 4 is 23.8 Å². The zero-order chi connectivity index (χ0) is 31.1. The van der Waals surface area contributed by atoms with Gasteiger partial charge in [-0.3, -0.25) is 14.4 Å². The van der Waals surface area contributed by atoms with Gasteiger partial charge in [-0.1, -0.05) is 67.6 Å². The number of amides is 4. The van der Waals surface area contributed by atoms with Crippen LogP contribution in [0.3, 0.4) is 0 Å². The molecule has 0 aliphatic carbocycles. The Labute approximate surface area is 254 Å². The lowest BCUT2D eigenvalue weighted by atomic mass is 9.93. The topological polar surface area (TPSA) is 143 Å². The largest absolute Gasteiger partial charge is 0.444 e. The minimum Gasteiger partial charge on any atom is -0.444 e. The van der Waals surface area contributed by atoms with E-state index >= 15 is 0 Å². The summed E-state index contributed by atoms with van der Waals surface area (Å²) in [6.45, 7) is 7.19. The number of hydrogen-bond donors (Lipinski definition) is 4. The van der Waals surface area contributed by atoms with Crippen LogP contribution in [0.5, 0.6) is 0 Å². The summed E-state index contributed by atoms with van der Waals surface area (Å²) >= 11 is 0. The molecule has 0 spiro atoms. The third-order valence-corrected chi connectivity index (χ3v) is 8.24. The molecule has 10 heteroatoms. The van der Waals surface area contributed by atoms with Gasteiger partial charge in [0, 0.05) is 12.0 Å². The Morgan fingerprint density at radius 3 is 2.05 bits per heavy atom. The first-order chi connectivity index (χ1) is 20.5. The fourth-order valence-corrected chi connectivity index (χ4v) is 6.07. The first kappa shape index (κ1) is 32.0. The van der Waals surface area contributed by atoms with E-state index in [2.05, 4.69) is 16.0 Å². The van der Waals surface area contributed by atoms with E-state index in [4.69, 9.17) is 10.5 Å². The summed E-state index contributed by atoms with van der Waals surface area (Å²) in [5, 5.41) is 8.70. The number of hydrogen-bond acceptors (Lipinski definition) is 6. The number of nitrogens with zero attached hydrogens (tertiary/aromatic N) is 1. The van der Waals surface area contributed by atoms with Crippen LogP contribution in [-0.4, -0.2) is 65.0 Å². The normalized spacial score (nSPS) is 22.7. The fraction of sp³-hybridized carbons (Fsp3) is 0.515. The highest BCUT2D eigenvalue weighted by molar-refractivity contribution is 5.95. The number of nitrogens with two attached hydrogens (primary N) is 1. The quantitative estimate of drug-likeness (QED) is 0.352. The third kappa shape index (κ3) is 7.93. The number of benzene rings is 2. The van der Waals surface area contributed by atoms with Crippen molar-refractivity contribution in [2.75, 3.05) is 6.54 Å². The zero-order valence-corrected chi connectivity index (χ0v) is 25.5. The molecule has 43 heavy (non-hydrogen) atoms. The predicted octanol–water partition coefficient (Wildman–Crippen LogP) is 3.41. The summed E-state index contributed by atoms with van der Waals surface area (Å²) in [6.07, 6.45) is 2.15. The van der Waals surface area contributed by atoms with Crippen molar-refractivity contribution in [3.05, 3.63) is 71.8 Å². The molecule has 0 aromatic heterocycles. The minimum absolute atomic E-state index is 0.118. The van der Waals surface area contributed by atoms with Crippen LogP contribution in [-0.2, 0) is 19.1 Å². The Morgan fingerprint density at radius 1 is 0.930 bits per heavy atom. The maximum Gasteiger partial charge on any atom is 0.408 e. The van der Waals surface area contributed by atoms with Gasteiger partial charge in [0.05, 0.1) is 6.04 Å². The highest BCUT2D eigenvalue weighted by atomic mass is 16.6. The van der Waals surface area contributed by atoms with Crippen LogP contribution < -0.4 is 21.7 Å². The monoisotopic (exact) mass is 591 g/mol. The molecule has 5 unspecified atom stereocenters. The van der Waals surface area contributed by atoms with E-state index in [1.54, 1.807) is 32.6 Å². The molecule has 2 aromatic carbocycles. The molecule has 2 aliphatic heterocycles. The molecule has 232 valence electrons. The summed E-state index contributed by atoms with van der Waals surface area (Å²) in [5.41, 5.74) is 7.27. The van der Waals surface area contributed by atoms with E-state index in [-0.39, 0.29) is 36.4 Å². The van der Waals surface area contributed by atoms with Crippen molar-refractivity contribution in [2.45, 2.75) is 95.6 Å². The van der Waals surface area contributed by atoms with Crippen LogP contribution >= 0.6 is 0 Å². The molecule has 10 nitrogen and oxygen atoms in total. The second kappa shape index (κ2) is 14.0. The first-order valence-electron chi connectivity index (χ1n) is 15.2. The number of nitrogens with one attached hydrogen (secondary N) is 3. The number of rotatable bonds is 9. The van der Waals surface area contributed by atoms with E-state index in [0.29, 0.717) is 32.1 Å². The van der Waals surface area contributed by atoms with E-state index in [9.17, 15) is 19.2 Å². The molecule has 0 bridgehead atoms. The molecule has 2 heterocycles. The SMILES string of the molecule is CCC(NC(=O)OC(C)(C)C)C(=O)NC1C(=O)N2C(CCC1CN)CCC2C(=O)NC(c1ccccc1)c1ccccc1. The van der Waals surface area contributed by atoms with Crippen LogP contribution in [0.4, 0.5) is 4.79 Å². The summed E-state index contributed by atoms with van der Waals surface area (Å²) in [7, 11) is 0. The van der Waals surface area contributed by atoms with Gasteiger partial charge in [0.15, 0.2) is 0 Å². The van der Waals surface area contributed by atoms with E-state index in [1.165, 1.54) is 0 Å². The standard InChI is InChI=1S/C33H45N5O5/c1-5-25(35-32(42)43-33(2,3)4)29(39)37-28-23(20-34)16-17-24-18-19-26(38(24)31(28)41)30(40)36-27(21-12-8-6-9-13-21)22-14-10-7-11-15-22/h6-15,23-28H,5,16-20,34H2,1-4H3,(H,35,42)(H,36,40)(H,37,39). The maximum absolute atomic E-state index is 14.2. The Hall–Kier alpha value is -3.92. The van der Waals surface area contributed by atoms with Crippen molar-refractivity contribution in [1.82, 2.24) is 20.9 Å². The molecule has 2 saturated heterocycles. The highest BCUT2D eigenvalue weighted by Crippen LogP contribution is 2.34. The Morgan fingerprint density at radius 2 is 1.51 bits per heavy atom. The molecule has 0 radical (unpaired) electrons. The lowest BCUT2D eigenvalue weighted by Crippen LogP contribution is -2.59. The lowest BCUT2D eigenvalue weighted by molar-refractivity contribution is -0.143. The molecule has 4 amide bonds. The molecular formula is C33H45N5O5. The highest BCUT2D eigenvalue weighted by Gasteiger charge is 2.47. The summed E-state index contributed by atoms with van der Waals surface area (Å²) in [4.78, 5) is 55.5.